The van der Waals surface area contributed by atoms with E-state index >= 15 is 0 Å². The summed E-state index contributed by atoms with van der Waals surface area (Å²) in [5.74, 6) is 0.0200. The number of unbranched alkanes of at least 4 members (excludes halogenated alkanes) is 1. The molecule has 0 saturated carbocycles. The summed E-state index contributed by atoms with van der Waals surface area (Å²) in [7, 11) is 0. The third-order valence-corrected chi connectivity index (χ3v) is 5.78. The minimum absolute atomic E-state index is 0.0148. The molecular formula is C26H40O3. The van der Waals surface area contributed by atoms with Crippen LogP contribution < -0.4 is 0 Å². The zero-order valence-corrected chi connectivity index (χ0v) is 19.8. The fourth-order valence-corrected chi connectivity index (χ4v) is 2.90. The van der Waals surface area contributed by atoms with Crippen molar-refractivity contribution in [2.75, 3.05) is 6.61 Å². The standard InChI is InChI=1S/C26H40O3/c1-10-12-17-29-23(28)26(9,25(6,7)8)16-15-19-18-20(24(3,4)5)13-14-21(19)22(27)11-2/h11,13-16,18,27H,10,12,17H2,1-9H3/b16-15+,22-11+. The molecule has 0 heterocycles. The van der Waals surface area contributed by atoms with Crippen molar-refractivity contribution in [1.82, 2.24) is 0 Å². The van der Waals surface area contributed by atoms with Crippen LogP contribution in [0.4, 0.5) is 0 Å². The first-order valence-electron chi connectivity index (χ1n) is 10.6. The fourth-order valence-electron chi connectivity index (χ4n) is 2.90. The van der Waals surface area contributed by atoms with Gasteiger partial charge in [0.25, 0.3) is 0 Å². The highest BCUT2D eigenvalue weighted by Crippen LogP contribution is 2.42. The molecule has 0 aliphatic rings. The number of rotatable bonds is 7. The molecule has 1 unspecified atom stereocenters. The largest absolute Gasteiger partial charge is 0.508 e. The second kappa shape index (κ2) is 9.65. The SMILES string of the molecule is C/C=C(/O)c1ccc(C(C)(C)C)cc1/C=C/C(C)(C(=O)OCCCC)C(C)(C)C. The Kier molecular flexibility index (Phi) is 8.32. The normalized spacial score (nSPS) is 15.4. The van der Waals surface area contributed by atoms with E-state index in [1.807, 2.05) is 58.9 Å². The highest BCUT2D eigenvalue weighted by atomic mass is 16.5. The summed E-state index contributed by atoms with van der Waals surface area (Å²) in [6, 6.07) is 6.09. The van der Waals surface area contributed by atoms with Gasteiger partial charge in [-0.05, 0) is 48.3 Å². The second-order valence-electron chi connectivity index (χ2n) is 10.0. The van der Waals surface area contributed by atoms with Crippen LogP contribution in [0.5, 0.6) is 0 Å². The Morgan fingerprint density at radius 2 is 1.72 bits per heavy atom. The molecular weight excluding hydrogens is 360 g/mol. The highest BCUT2D eigenvalue weighted by molar-refractivity contribution is 5.82. The summed E-state index contributed by atoms with van der Waals surface area (Å²) in [6.45, 7) is 18.9. The van der Waals surface area contributed by atoms with Crippen molar-refractivity contribution in [3.63, 3.8) is 0 Å². The average molecular weight is 401 g/mol. The number of aliphatic hydroxyl groups is 1. The molecule has 1 atom stereocenters. The molecule has 29 heavy (non-hydrogen) atoms. The Hall–Kier alpha value is -2.03. The molecule has 0 radical (unpaired) electrons. The van der Waals surface area contributed by atoms with Crippen LogP contribution in [0.2, 0.25) is 0 Å². The van der Waals surface area contributed by atoms with E-state index in [4.69, 9.17) is 4.74 Å². The molecule has 1 aromatic rings. The summed E-state index contributed by atoms with van der Waals surface area (Å²) in [5.41, 5.74) is 1.70. The average Bonchev–Trinajstić information content (AvgIpc) is 2.63. The van der Waals surface area contributed by atoms with Gasteiger partial charge in [-0.25, -0.2) is 0 Å². The number of ether oxygens (including phenoxy) is 1. The molecule has 1 aromatic carbocycles. The van der Waals surface area contributed by atoms with E-state index in [0.717, 1.165) is 24.0 Å². The lowest BCUT2D eigenvalue weighted by atomic mass is 9.67. The lowest BCUT2D eigenvalue weighted by molar-refractivity contribution is -0.157. The van der Waals surface area contributed by atoms with Crippen molar-refractivity contribution < 1.29 is 14.6 Å². The van der Waals surface area contributed by atoms with Crippen LogP contribution >= 0.6 is 0 Å². The molecule has 162 valence electrons. The van der Waals surface area contributed by atoms with Gasteiger partial charge in [-0.1, -0.05) is 85.2 Å². The topological polar surface area (TPSA) is 46.5 Å². The molecule has 3 heteroatoms. The number of esters is 1. The van der Waals surface area contributed by atoms with Crippen LogP contribution in [0.25, 0.3) is 11.8 Å². The van der Waals surface area contributed by atoms with Gasteiger partial charge in [0.1, 0.15) is 5.76 Å². The van der Waals surface area contributed by atoms with E-state index in [-0.39, 0.29) is 22.6 Å². The third-order valence-electron chi connectivity index (χ3n) is 5.78. The lowest BCUT2D eigenvalue weighted by Crippen LogP contribution is -2.40. The van der Waals surface area contributed by atoms with Crippen LogP contribution in [0.3, 0.4) is 0 Å². The molecule has 0 saturated heterocycles. The summed E-state index contributed by atoms with van der Waals surface area (Å²) in [6.07, 6.45) is 7.43. The fraction of sp³-hybridized carbons (Fsp3) is 0.577. The number of aliphatic hydroxyl groups excluding tert-OH is 1. The van der Waals surface area contributed by atoms with E-state index in [2.05, 4.69) is 33.8 Å². The highest BCUT2D eigenvalue weighted by Gasteiger charge is 2.43. The van der Waals surface area contributed by atoms with Gasteiger partial charge >= 0.3 is 5.97 Å². The molecule has 0 aromatic heterocycles. The Labute approximate surface area is 177 Å². The quantitative estimate of drug-likeness (QED) is 0.296. The first kappa shape index (κ1) is 25.0. The summed E-state index contributed by atoms with van der Waals surface area (Å²) < 4.78 is 5.59. The van der Waals surface area contributed by atoms with Gasteiger partial charge in [0.05, 0.1) is 12.0 Å². The van der Waals surface area contributed by atoms with Crippen molar-refractivity contribution in [2.45, 2.75) is 80.6 Å². The van der Waals surface area contributed by atoms with Crippen molar-refractivity contribution in [3.8, 4) is 0 Å². The molecule has 0 fully saturated rings. The van der Waals surface area contributed by atoms with E-state index < -0.39 is 5.41 Å². The molecule has 3 nitrogen and oxygen atoms in total. The van der Waals surface area contributed by atoms with Crippen LogP contribution in [-0.4, -0.2) is 17.7 Å². The monoisotopic (exact) mass is 400 g/mol. The van der Waals surface area contributed by atoms with Crippen molar-refractivity contribution in [2.24, 2.45) is 10.8 Å². The Balaban J connectivity index is 3.46. The number of allylic oxidation sites excluding steroid dienone is 1. The molecule has 1 N–H and O–H groups in total. The Morgan fingerprint density at radius 3 is 2.21 bits per heavy atom. The summed E-state index contributed by atoms with van der Waals surface area (Å²) in [5, 5.41) is 10.4. The molecule has 1 rings (SSSR count). The maximum absolute atomic E-state index is 13.0. The van der Waals surface area contributed by atoms with Gasteiger partial charge in [0, 0.05) is 5.56 Å². The van der Waals surface area contributed by atoms with Crippen molar-refractivity contribution >= 4 is 17.8 Å². The number of carbonyl (C=O) groups is 1. The maximum atomic E-state index is 13.0. The molecule has 0 bridgehead atoms. The van der Waals surface area contributed by atoms with Crippen LogP contribution in [-0.2, 0) is 14.9 Å². The first-order valence-corrected chi connectivity index (χ1v) is 10.6. The first-order chi connectivity index (χ1) is 13.3. The third kappa shape index (κ3) is 6.22. The van der Waals surface area contributed by atoms with Crippen LogP contribution in [0.1, 0.15) is 91.8 Å². The van der Waals surface area contributed by atoms with Gasteiger partial charge < -0.3 is 9.84 Å². The molecule has 0 spiro atoms. The van der Waals surface area contributed by atoms with Gasteiger partial charge in [0.15, 0.2) is 0 Å². The van der Waals surface area contributed by atoms with Crippen LogP contribution in [0.15, 0.2) is 30.4 Å². The van der Waals surface area contributed by atoms with Gasteiger partial charge in [-0.3, -0.25) is 4.79 Å². The molecule has 0 aliphatic carbocycles. The smallest absolute Gasteiger partial charge is 0.316 e. The summed E-state index contributed by atoms with van der Waals surface area (Å²) >= 11 is 0. The number of benzene rings is 1. The predicted molar refractivity (Wildman–Crippen MR) is 124 cm³/mol. The number of carbonyl (C=O) groups excluding carboxylic acids is 1. The lowest BCUT2D eigenvalue weighted by Gasteiger charge is -2.37. The summed E-state index contributed by atoms with van der Waals surface area (Å²) in [4.78, 5) is 13.0. The van der Waals surface area contributed by atoms with Crippen molar-refractivity contribution in [3.05, 3.63) is 47.0 Å². The molecule has 0 aliphatic heterocycles. The predicted octanol–water partition coefficient (Wildman–Crippen LogP) is 7.31. The molecule has 0 amide bonds. The van der Waals surface area contributed by atoms with Crippen LogP contribution in [0, 0.1) is 10.8 Å². The zero-order chi connectivity index (χ0) is 22.5. The Bertz CT molecular complexity index is 757. The Morgan fingerprint density at radius 1 is 1.10 bits per heavy atom. The second-order valence-corrected chi connectivity index (χ2v) is 10.0. The zero-order valence-electron chi connectivity index (χ0n) is 19.8. The minimum Gasteiger partial charge on any atom is -0.508 e. The van der Waals surface area contributed by atoms with E-state index in [0.29, 0.717) is 6.61 Å². The van der Waals surface area contributed by atoms with Crippen molar-refractivity contribution in [1.29, 1.82) is 0 Å². The van der Waals surface area contributed by atoms with Gasteiger partial charge in [0.2, 0.25) is 0 Å². The minimum atomic E-state index is -0.790. The van der Waals surface area contributed by atoms with Gasteiger partial charge in [-0.15, -0.1) is 0 Å². The van der Waals surface area contributed by atoms with E-state index in [9.17, 15) is 9.90 Å². The van der Waals surface area contributed by atoms with E-state index in [1.165, 1.54) is 5.56 Å². The number of hydrogen-bond donors (Lipinski definition) is 1. The van der Waals surface area contributed by atoms with E-state index in [1.54, 1.807) is 6.08 Å². The maximum Gasteiger partial charge on any atom is 0.316 e. The number of hydrogen-bond acceptors (Lipinski definition) is 3. The van der Waals surface area contributed by atoms with Gasteiger partial charge in [-0.2, -0.15) is 0 Å².